The van der Waals surface area contributed by atoms with Crippen LogP contribution in [0, 0.1) is 27.7 Å². The zero-order valence-corrected chi connectivity index (χ0v) is 25.4. The van der Waals surface area contributed by atoms with Crippen molar-refractivity contribution in [3.8, 4) is 17.2 Å². The fourth-order valence-corrected chi connectivity index (χ4v) is 7.76. The molecule has 0 radical (unpaired) electrons. The van der Waals surface area contributed by atoms with Crippen LogP contribution in [-0.2, 0) is 35.9 Å². The average molecular weight is 602 g/mol. The monoisotopic (exact) mass is 601 g/mol. The number of H-pyrrole nitrogens is 1. The van der Waals surface area contributed by atoms with Gasteiger partial charge in [-0.3, -0.25) is 9.19 Å². The summed E-state index contributed by atoms with van der Waals surface area (Å²) < 4.78 is 62.7. The molecule has 0 fully saturated rings. The van der Waals surface area contributed by atoms with Crippen molar-refractivity contribution in [2.45, 2.75) is 48.4 Å². The SMILES string of the molecule is COC(=O)COc1cc(C)c(S(=O)(=O)c2c(OC)ccc3[nH]c(S(=O)Cc4ncc(C)c(OC)c4C)nc23)c(C)c1. The van der Waals surface area contributed by atoms with Gasteiger partial charge in [0.05, 0.1) is 54.0 Å². The summed E-state index contributed by atoms with van der Waals surface area (Å²) in [7, 11) is -1.69. The van der Waals surface area contributed by atoms with Crippen LogP contribution in [0.3, 0.4) is 0 Å². The Morgan fingerprint density at radius 1 is 0.976 bits per heavy atom. The number of carbonyl (C=O) groups is 1. The maximum absolute atomic E-state index is 14.2. The molecule has 2 heterocycles. The van der Waals surface area contributed by atoms with E-state index in [1.807, 2.05) is 13.8 Å². The van der Waals surface area contributed by atoms with Gasteiger partial charge in [-0.05, 0) is 63.1 Å². The fourth-order valence-electron chi connectivity index (χ4n) is 4.67. The Kier molecular flexibility index (Phi) is 8.69. The van der Waals surface area contributed by atoms with Crippen LogP contribution in [0.5, 0.6) is 17.2 Å². The quantitative estimate of drug-likeness (QED) is 0.266. The number of aromatic nitrogens is 3. The summed E-state index contributed by atoms with van der Waals surface area (Å²) in [5.41, 5.74) is 3.50. The van der Waals surface area contributed by atoms with Gasteiger partial charge in [0.1, 0.15) is 27.7 Å². The molecule has 4 aromatic rings. The van der Waals surface area contributed by atoms with Crippen molar-refractivity contribution in [3.05, 3.63) is 58.4 Å². The Balaban J connectivity index is 1.78. The molecule has 11 nitrogen and oxygen atoms in total. The molecule has 4 rings (SSSR count). The van der Waals surface area contributed by atoms with Crippen molar-refractivity contribution in [1.29, 1.82) is 0 Å². The van der Waals surface area contributed by atoms with Gasteiger partial charge in [-0.25, -0.2) is 18.2 Å². The minimum absolute atomic E-state index is 0.0472. The van der Waals surface area contributed by atoms with Gasteiger partial charge >= 0.3 is 5.97 Å². The van der Waals surface area contributed by atoms with Crippen LogP contribution in [0.15, 0.2) is 45.4 Å². The molecule has 13 heteroatoms. The van der Waals surface area contributed by atoms with E-state index in [9.17, 15) is 17.4 Å². The summed E-state index contributed by atoms with van der Waals surface area (Å²) in [5.74, 6) is 0.567. The lowest BCUT2D eigenvalue weighted by Gasteiger charge is -2.16. The van der Waals surface area contributed by atoms with Gasteiger partial charge in [0.2, 0.25) is 9.84 Å². The van der Waals surface area contributed by atoms with Gasteiger partial charge in [-0.2, -0.15) is 0 Å². The zero-order valence-electron chi connectivity index (χ0n) is 23.8. The van der Waals surface area contributed by atoms with E-state index in [-0.39, 0.29) is 38.6 Å². The molecule has 0 saturated heterocycles. The molecule has 0 amide bonds. The number of aromatic amines is 1. The second-order valence-electron chi connectivity index (χ2n) is 9.33. The van der Waals surface area contributed by atoms with E-state index >= 15 is 0 Å². The van der Waals surface area contributed by atoms with Crippen LogP contribution in [-0.4, -0.2) is 61.5 Å². The smallest absolute Gasteiger partial charge is 0.343 e. The molecule has 1 atom stereocenters. The highest BCUT2D eigenvalue weighted by Gasteiger charge is 2.31. The molecule has 0 spiro atoms. The van der Waals surface area contributed by atoms with Crippen LogP contribution in [0.1, 0.15) is 27.9 Å². The van der Waals surface area contributed by atoms with Crippen molar-refractivity contribution >= 4 is 37.6 Å². The van der Waals surface area contributed by atoms with E-state index < -0.39 is 26.6 Å². The first kappa shape index (κ1) is 30.0. The Morgan fingerprint density at radius 3 is 2.27 bits per heavy atom. The number of ether oxygens (including phenoxy) is 4. The highest BCUT2D eigenvalue weighted by Crippen LogP contribution is 2.39. The van der Waals surface area contributed by atoms with Gasteiger partial charge in [0, 0.05) is 17.3 Å². The molecule has 0 aliphatic carbocycles. The maximum atomic E-state index is 14.2. The fraction of sp³-hybridized carbons (Fsp3) is 0.321. The Hall–Kier alpha value is -3.97. The Labute approximate surface area is 240 Å². The minimum atomic E-state index is -4.20. The number of hydrogen-bond donors (Lipinski definition) is 1. The summed E-state index contributed by atoms with van der Waals surface area (Å²) in [6.45, 7) is 6.67. The summed E-state index contributed by atoms with van der Waals surface area (Å²) in [4.78, 5) is 23.3. The molecule has 0 saturated carbocycles. The van der Waals surface area contributed by atoms with Gasteiger partial charge < -0.3 is 23.9 Å². The highest BCUT2D eigenvalue weighted by molar-refractivity contribution is 7.92. The number of carbonyl (C=O) groups excluding carboxylic acids is 1. The molecular formula is C28H31N3O8S2. The average Bonchev–Trinajstić information content (AvgIpc) is 3.36. The minimum Gasteiger partial charge on any atom is -0.496 e. The van der Waals surface area contributed by atoms with E-state index in [1.165, 1.54) is 32.4 Å². The number of sulfone groups is 1. The van der Waals surface area contributed by atoms with Crippen LogP contribution in [0.4, 0.5) is 0 Å². The lowest BCUT2D eigenvalue weighted by molar-refractivity contribution is -0.142. The first-order valence-electron chi connectivity index (χ1n) is 12.4. The highest BCUT2D eigenvalue weighted by atomic mass is 32.2. The van der Waals surface area contributed by atoms with E-state index in [0.717, 1.165) is 11.1 Å². The molecule has 0 aliphatic heterocycles. The van der Waals surface area contributed by atoms with Gasteiger partial charge in [-0.1, -0.05) is 0 Å². The second-order valence-corrected chi connectivity index (χ2v) is 12.5. The lowest BCUT2D eigenvalue weighted by Crippen LogP contribution is -2.13. The summed E-state index contributed by atoms with van der Waals surface area (Å²) in [5, 5.41) is 0.102. The molecule has 2 aromatic carbocycles. The molecule has 218 valence electrons. The van der Waals surface area contributed by atoms with E-state index in [2.05, 4.69) is 19.7 Å². The van der Waals surface area contributed by atoms with Crippen molar-refractivity contribution in [3.63, 3.8) is 0 Å². The first-order valence-corrected chi connectivity index (χ1v) is 15.2. The number of methoxy groups -OCH3 is 3. The molecule has 0 aliphatic rings. The summed E-state index contributed by atoms with van der Waals surface area (Å²) in [6, 6.07) is 6.22. The first-order chi connectivity index (χ1) is 19.4. The van der Waals surface area contributed by atoms with Gasteiger partial charge in [0.15, 0.2) is 11.8 Å². The standard InChI is InChI=1S/C28H31N3O8S2/c1-15-10-19(39-13-23(32)37-6)11-16(2)26(15)41(34,35)27-22(36-5)9-8-20-24(27)31-28(30-20)40(33)14-21-18(4)25(38-7)17(3)12-29-21/h8-12H,13-14H2,1-7H3,(H,30,31). The van der Waals surface area contributed by atoms with Crippen LogP contribution < -0.4 is 14.2 Å². The van der Waals surface area contributed by atoms with Crippen LogP contribution in [0.2, 0.25) is 0 Å². The topological polar surface area (TPSA) is 147 Å². The lowest BCUT2D eigenvalue weighted by atomic mass is 10.1. The van der Waals surface area contributed by atoms with Crippen molar-refractivity contribution in [2.75, 3.05) is 27.9 Å². The number of benzene rings is 2. The number of fused-ring (bicyclic) bond motifs is 1. The third-order valence-corrected chi connectivity index (χ3v) is 9.83. The van der Waals surface area contributed by atoms with E-state index in [1.54, 1.807) is 33.2 Å². The predicted octanol–water partition coefficient (Wildman–Crippen LogP) is 3.90. The molecule has 1 N–H and O–H groups in total. The zero-order chi connectivity index (χ0) is 30.1. The largest absolute Gasteiger partial charge is 0.496 e. The van der Waals surface area contributed by atoms with E-state index in [4.69, 9.17) is 14.2 Å². The molecule has 1 unspecified atom stereocenters. The second kappa shape index (κ2) is 11.9. The number of pyridine rings is 1. The Morgan fingerprint density at radius 2 is 1.66 bits per heavy atom. The maximum Gasteiger partial charge on any atom is 0.343 e. The van der Waals surface area contributed by atoms with Gasteiger partial charge in [0.25, 0.3) is 0 Å². The number of rotatable bonds is 10. The van der Waals surface area contributed by atoms with Crippen LogP contribution in [0.25, 0.3) is 11.0 Å². The molecular weight excluding hydrogens is 570 g/mol. The number of aryl methyl sites for hydroxylation is 3. The van der Waals surface area contributed by atoms with Crippen molar-refractivity contribution < 1.29 is 36.4 Å². The van der Waals surface area contributed by atoms with Crippen molar-refractivity contribution in [1.82, 2.24) is 15.0 Å². The summed E-state index contributed by atoms with van der Waals surface area (Å²) in [6.07, 6.45) is 1.66. The molecule has 0 bridgehead atoms. The number of nitrogens with zero attached hydrogens (tertiary/aromatic N) is 2. The third-order valence-electron chi connectivity index (χ3n) is 6.56. The third kappa shape index (κ3) is 5.77. The number of hydrogen-bond acceptors (Lipinski definition) is 10. The van der Waals surface area contributed by atoms with Crippen molar-refractivity contribution in [2.24, 2.45) is 0 Å². The summed E-state index contributed by atoms with van der Waals surface area (Å²) >= 11 is 0. The van der Waals surface area contributed by atoms with E-state index in [0.29, 0.717) is 33.8 Å². The van der Waals surface area contributed by atoms with Crippen LogP contribution >= 0.6 is 0 Å². The Bertz CT molecular complexity index is 1760. The normalized spacial score (nSPS) is 12.3. The molecule has 2 aromatic heterocycles. The van der Waals surface area contributed by atoms with Gasteiger partial charge in [-0.15, -0.1) is 0 Å². The molecule has 41 heavy (non-hydrogen) atoms. The number of imidazole rings is 1. The number of esters is 1. The predicted molar refractivity (Wildman–Crippen MR) is 152 cm³/mol. The number of nitrogens with one attached hydrogen (secondary N) is 1.